The van der Waals surface area contributed by atoms with Gasteiger partial charge in [-0.3, -0.25) is 4.79 Å². The Morgan fingerprint density at radius 2 is 1.63 bits per heavy atom. The summed E-state index contributed by atoms with van der Waals surface area (Å²) in [5.74, 6) is 0.198. The molecule has 0 spiro atoms. The Balaban J connectivity index is 0. The van der Waals surface area contributed by atoms with Gasteiger partial charge in [0.05, 0.1) is 26.4 Å². The SMILES string of the molecule is CC.CNCCOCCOCCN(C)C(=O)C(C)C. The van der Waals surface area contributed by atoms with Crippen LogP contribution < -0.4 is 5.32 Å². The lowest BCUT2D eigenvalue weighted by molar-refractivity contribution is -0.133. The van der Waals surface area contributed by atoms with Crippen molar-refractivity contribution in [2.75, 3.05) is 53.6 Å². The molecule has 0 radical (unpaired) electrons. The molecule has 0 aromatic carbocycles. The lowest BCUT2D eigenvalue weighted by atomic mass is 10.2. The van der Waals surface area contributed by atoms with Crippen molar-refractivity contribution in [1.29, 1.82) is 0 Å². The van der Waals surface area contributed by atoms with E-state index in [1.807, 2.05) is 34.7 Å². The van der Waals surface area contributed by atoms with Gasteiger partial charge in [0.1, 0.15) is 0 Å². The van der Waals surface area contributed by atoms with Crippen LogP contribution in [0.4, 0.5) is 0 Å². The fourth-order valence-corrected chi connectivity index (χ4v) is 1.25. The molecule has 0 aliphatic rings. The first-order chi connectivity index (χ1) is 9.09. The maximum absolute atomic E-state index is 11.5. The third-order valence-corrected chi connectivity index (χ3v) is 2.31. The monoisotopic (exact) mass is 276 g/mol. The van der Waals surface area contributed by atoms with Gasteiger partial charge in [0, 0.05) is 26.1 Å². The van der Waals surface area contributed by atoms with Crippen LogP contribution in [-0.2, 0) is 14.3 Å². The van der Waals surface area contributed by atoms with E-state index in [0.29, 0.717) is 33.0 Å². The normalized spacial score (nSPS) is 10.1. The molecule has 0 unspecified atom stereocenters. The first kappa shape index (κ1) is 20.7. The molecule has 0 heterocycles. The number of rotatable bonds is 10. The minimum absolute atomic E-state index is 0.0462. The van der Waals surface area contributed by atoms with E-state index >= 15 is 0 Å². The molecule has 0 bridgehead atoms. The molecule has 0 saturated carbocycles. The molecule has 19 heavy (non-hydrogen) atoms. The van der Waals surface area contributed by atoms with Crippen molar-refractivity contribution in [3.05, 3.63) is 0 Å². The van der Waals surface area contributed by atoms with Crippen LogP contribution in [0.5, 0.6) is 0 Å². The number of carbonyl (C=O) groups is 1. The summed E-state index contributed by atoms with van der Waals surface area (Å²) in [6.45, 7) is 11.7. The van der Waals surface area contributed by atoms with E-state index in [1.165, 1.54) is 0 Å². The third kappa shape index (κ3) is 13.6. The highest BCUT2D eigenvalue weighted by Gasteiger charge is 2.11. The summed E-state index contributed by atoms with van der Waals surface area (Å²) in [5, 5.41) is 3.00. The molecule has 5 heteroatoms. The van der Waals surface area contributed by atoms with Crippen LogP contribution in [0, 0.1) is 5.92 Å². The summed E-state index contributed by atoms with van der Waals surface area (Å²) in [4.78, 5) is 13.2. The van der Waals surface area contributed by atoms with Crippen molar-refractivity contribution in [3.8, 4) is 0 Å². The number of carbonyl (C=O) groups excluding carboxylic acids is 1. The Morgan fingerprint density at radius 1 is 1.11 bits per heavy atom. The molecule has 0 rings (SSSR count). The number of amides is 1. The maximum atomic E-state index is 11.5. The van der Waals surface area contributed by atoms with Gasteiger partial charge in [-0.1, -0.05) is 27.7 Å². The van der Waals surface area contributed by atoms with E-state index in [-0.39, 0.29) is 11.8 Å². The minimum atomic E-state index is 0.0462. The first-order valence-corrected chi connectivity index (χ1v) is 7.14. The second-order valence-electron chi connectivity index (χ2n) is 4.24. The maximum Gasteiger partial charge on any atom is 0.224 e. The van der Waals surface area contributed by atoms with Gasteiger partial charge >= 0.3 is 0 Å². The molecule has 0 aromatic heterocycles. The average Bonchev–Trinajstić information content (AvgIpc) is 2.42. The molecule has 0 aliphatic heterocycles. The fraction of sp³-hybridized carbons (Fsp3) is 0.929. The zero-order valence-electron chi connectivity index (χ0n) is 13.5. The van der Waals surface area contributed by atoms with Crippen molar-refractivity contribution in [2.45, 2.75) is 27.7 Å². The van der Waals surface area contributed by atoms with Gasteiger partial charge in [-0.05, 0) is 7.05 Å². The summed E-state index contributed by atoms with van der Waals surface area (Å²) in [6, 6.07) is 0. The van der Waals surface area contributed by atoms with Crippen molar-refractivity contribution in [3.63, 3.8) is 0 Å². The van der Waals surface area contributed by atoms with Crippen LogP contribution in [0.25, 0.3) is 0 Å². The Bertz CT molecular complexity index is 199. The van der Waals surface area contributed by atoms with E-state index in [0.717, 1.165) is 6.54 Å². The van der Waals surface area contributed by atoms with Crippen LogP contribution in [0.3, 0.4) is 0 Å². The highest BCUT2D eigenvalue weighted by Crippen LogP contribution is 1.98. The topological polar surface area (TPSA) is 50.8 Å². The summed E-state index contributed by atoms with van der Waals surface area (Å²) >= 11 is 0. The van der Waals surface area contributed by atoms with Crippen molar-refractivity contribution >= 4 is 5.91 Å². The summed E-state index contributed by atoms with van der Waals surface area (Å²) in [5.41, 5.74) is 0. The van der Waals surface area contributed by atoms with Gasteiger partial charge < -0.3 is 19.7 Å². The molecule has 0 aliphatic carbocycles. The number of hydrogen-bond donors (Lipinski definition) is 1. The number of likely N-dealkylation sites (N-methyl/N-ethyl adjacent to an activating group) is 2. The molecular weight excluding hydrogens is 244 g/mol. The number of ether oxygens (including phenoxy) is 2. The van der Waals surface area contributed by atoms with Gasteiger partial charge in [-0.2, -0.15) is 0 Å². The molecule has 0 aromatic rings. The van der Waals surface area contributed by atoms with Gasteiger partial charge in [-0.15, -0.1) is 0 Å². The van der Waals surface area contributed by atoms with Crippen LogP contribution >= 0.6 is 0 Å². The van der Waals surface area contributed by atoms with Gasteiger partial charge in [0.25, 0.3) is 0 Å². The van der Waals surface area contributed by atoms with Crippen molar-refractivity contribution < 1.29 is 14.3 Å². The lowest BCUT2D eigenvalue weighted by Crippen LogP contribution is -2.33. The zero-order valence-corrected chi connectivity index (χ0v) is 13.5. The fourth-order valence-electron chi connectivity index (χ4n) is 1.25. The van der Waals surface area contributed by atoms with Crippen molar-refractivity contribution in [2.24, 2.45) is 5.92 Å². The predicted molar refractivity (Wildman–Crippen MR) is 79.4 cm³/mol. The predicted octanol–water partition coefficient (Wildman–Crippen LogP) is 1.38. The smallest absolute Gasteiger partial charge is 0.224 e. The van der Waals surface area contributed by atoms with Gasteiger partial charge in [-0.25, -0.2) is 0 Å². The molecule has 0 fully saturated rings. The van der Waals surface area contributed by atoms with Crippen molar-refractivity contribution in [1.82, 2.24) is 10.2 Å². The molecular formula is C14H32N2O3. The second-order valence-corrected chi connectivity index (χ2v) is 4.24. The highest BCUT2D eigenvalue weighted by molar-refractivity contribution is 5.77. The van der Waals surface area contributed by atoms with E-state index in [4.69, 9.17) is 9.47 Å². The van der Waals surface area contributed by atoms with E-state index < -0.39 is 0 Å². The first-order valence-electron chi connectivity index (χ1n) is 7.14. The molecule has 5 nitrogen and oxygen atoms in total. The minimum Gasteiger partial charge on any atom is -0.378 e. The van der Waals surface area contributed by atoms with E-state index in [2.05, 4.69) is 5.32 Å². The largest absolute Gasteiger partial charge is 0.378 e. The third-order valence-electron chi connectivity index (χ3n) is 2.31. The Kier molecular flexibility index (Phi) is 16.8. The molecule has 0 atom stereocenters. The number of hydrogen-bond acceptors (Lipinski definition) is 4. The van der Waals surface area contributed by atoms with Gasteiger partial charge in [0.15, 0.2) is 0 Å². The van der Waals surface area contributed by atoms with Crippen LogP contribution in [-0.4, -0.2) is 64.4 Å². The summed E-state index contributed by atoms with van der Waals surface area (Å²) in [7, 11) is 3.69. The Morgan fingerprint density at radius 3 is 2.11 bits per heavy atom. The zero-order chi connectivity index (χ0) is 15.1. The average molecular weight is 276 g/mol. The molecule has 0 saturated heterocycles. The summed E-state index contributed by atoms with van der Waals surface area (Å²) < 4.78 is 10.7. The van der Waals surface area contributed by atoms with Gasteiger partial charge in [0.2, 0.25) is 5.91 Å². The van der Waals surface area contributed by atoms with E-state index in [9.17, 15) is 4.79 Å². The van der Waals surface area contributed by atoms with Crippen LogP contribution in [0.15, 0.2) is 0 Å². The summed E-state index contributed by atoms with van der Waals surface area (Å²) in [6.07, 6.45) is 0. The Labute approximate surface area is 118 Å². The van der Waals surface area contributed by atoms with E-state index in [1.54, 1.807) is 11.9 Å². The quantitative estimate of drug-likeness (QED) is 0.613. The number of nitrogens with one attached hydrogen (secondary N) is 1. The van der Waals surface area contributed by atoms with Crippen LogP contribution in [0.1, 0.15) is 27.7 Å². The second kappa shape index (κ2) is 15.4. The molecule has 116 valence electrons. The standard InChI is InChI=1S/C12H26N2O3.C2H6/c1-11(2)12(15)14(4)6-8-17-10-9-16-7-5-13-3;1-2/h11,13H,5-10H2,1-4H3;1-2H3. The lowest BCUT2D eigenvalue weighted by Gasteiger charge is -2.19. The van der Waals surface area contributed by atoms with Crippen LogP contribution in [0.2, 0.25) is 0 Å². The Hall–Kier alpha value is -0.650. The molecule has 1 N–H and O–H groups in total. The molecule has 1 amide bonds. The highest BCUT2D eigenvalue weighted by atomic mass is 16.5. The number of nitrogens with zero attached hydrogens (tertiary/aromatic N) is 1.